The molecule has 0 bridgehead atoms. The molecule has 4 nitrogen and oxygen atoms in total. The van der Waals surface area contributed by atoms with E-state index in [0.29, 0.717) is 6.04 Å². The van der Waals surface area contributed by atoms with E-state index >= 15 is 0 Å². The molecule has 1 heterocycles. The van der Waals surface area contributed by atoms with Gasteiger partial charge < -0.3 is 15.5 Å². The summed E-state index contributed by atoms with van der Waals surface area (Å²) >= 11 is 0. The number of nitrogens with one attached hydrogen (secondary N) is 2. The Labute approximate surface area is 112 Å². The minimum atomic E-state index is 0.666. The monoisotopic (exact) mass is 254 g/mol. The van der Waals surface area contributed by atoms with Gasteiger partial charge in [-0.15, -0.1) is 0 Å². The summed E-state index contributed by atoms with van der Waals surface area (Å²) in [5.41, 5.74) is 0. The van der Waals surface area contributed by atoms with Crippen LogP contribution in [0.15, 0.2) is 4.99 Å². The predicted octanol–water partition coefficient (Wildman–Crippen LogP) is 1.68. The largest absolute Gasteiger partial charge is 0.356 e. The summed E-state index contributed by atoms with van der Waals surface area (Å²) in [6.45, 7) is 7.78. The first kappa shape index (κ1) is 15.3. The third-order valence-electron chi connectivity index (χ3n) is 3.65. The normalized spacial score (nSPS) is 21.6. The number of rotatable bonds is 6. The van der Waals surface area contributed by atoms with Crippen LogP contribution >= 0.6 is 0 Å². The maximum absolute atomic E-state index is 4.27. The minimum Gasteiger partial charge on any atom is -0.356 e. The highest BCUT2D eigenvalue weighted by Crippen LogP contribution is 2.13. The van der Waals surface area contributed by atoms with Gasteiger partial charge in [0, 0.05) is 26.2 Å². The fourth-order valence-electron chi connectivity index (χ4n) is 2.39. The average molecular weight is 254 g/mol. The van der Waals surface area contributed by atoms with Crippen LogP contribution in [0, 0.1) is 5.92 Å². The van der Waals surface area contributed by atoms with Crippen LogP contribution in [0.4, 0.5) is 0 Å². The maximum atomic E-state index is 4.27. The molecule has 0 aromatic carbocycles. The third-order valence-corrected chi connectivity index (χ3v) is 3.65. The molecule has 1 saturated heterocycles. The second kappa shape index (κ2) is 8.35. The average Bonchev–Trinajstić information content (AvgIpc) is 2.74. The van der Waals surface area contributed by atoms with Gasteiger partial charge in [-0.25, -0.2) is 0 Å². The van der Waals surface area contributed by atoms with Gasteiger partial charge in [-0.05, 0) is 45.2 Å². The van der Waals surface area contributed by atoms with E-state index in [1.165, 1.54) is 32.2 Å². The van der Waals surface area contributed by atoms with E-state index < -0.39 is 0 Å². The lowest BCUT2D eigenvalue weighted by atomic mass is 10.1. The van der Waals surface area contributed by atoms with Gasteiger partial charge >= 0.3 is 0 Å². The topological polar surface area (TPSA) is 39.7 Å². The Balaban J connectivity index is 2.14. The summed E-state index contributed by atoms with van der Waals surface area (Å²) in [6, 6.07) is 0.666. The van der Waals surface area contributed by atoms with Crippen LogP contribution in [0.3, 0.4) is 0 Å². The molecule has 0 aromatic rings. The second-order valence-electron chi connectivity index (χ2n) is 5.69. The van der Waals surface area contributed by atoms with E-state index in [4.69, 9.17) is 0 Å². The minimum absolute atomic E-state index is 0.666. The van der Waals surface area contributed by atoms with E-state index in [0.717, 1.165) is 25.0 Å². The number of likely N-dealkylation sites (N-methyl/N-ethyl adjacent to an activating group) is 1. The Morgan fingerprint density at radius 2 is 2.17 bits per heavy atom. The molecule has 1 aliphatic heterocycles. The Hall–Kier alpha value is -0.770. The van der Waals surface area contributed by atoms with Crippen LogP contribution in [-0.2, 0) is 0 Å². The number of hydrogen-bond donors (Lipinski definition) is 2. The van der Waals surface area contributed by atoms with Gasteiger partial charge in [0.1, 0.15) is 0 Å². The molecular formula is C14H30N4. The number of aliphatic imine (C=N–C) groups is 1. The number of hydrogen-bond acceptors (Lipinski definition) is 2. The van der Waals surface area contributed by atoms with E-state index in [1.54, 1.807) is 0 Å². The summed E-state index contributed by atoms with van der Waals surface area (Å²) in [5.74, 6) is 1.73. The lowest BCUT2D eigenvalue weighted by molar-refractivity contribution is 0.309. The first-order chi connectivity index (χ1) is 8.63. The van der Waals surface area contributed by atoms with Gasteiger partial charge in [0.05, 0.1) is 0 Å². The zero-order chi connectivity index (χ0) is 13.4. The van der Waals surface area contributed by atoms with Crippen molar-refractivity contribution in [3.8, 4) is 0 Å². The molecule has 1 atom stereocenters. The van der Waals surface area contributed by atoms with Gasteiger partial charge in [0.2, 0.25) is 0 Å². The summed E-state index contributed by atoms with van der Waals surface area (Å²) in [7, 11) is 4.05. The predicted molar refractivity (Wildman–Crippen MR) is 79.1 cm³/mol. The molecule has 0 aromatic heterocycles. The lowest BCUT2D eigenvalue weighted by Gasteiger charge is -2.21. The first-order valence-electron chi connectivity index (χ1n) is 7.28. The third kappa shape index (κ3) is 5.71. The van der Waals surface area contributed by atoms with Crippen molar-refractivity contribution in [1.82, 2.24) is 15.5 Å². The zero-order valence-corrected chi connectivity index (χ0v) is 12.5. The summed E-state index contributed by atoms with van der Waals surface area (Å²) in [6.07, 6.45) is 5.11. The van der Waals surface area contributed by atoms with E-state index in [1.807, 2.05) is 7.05 Å². The molecule has 1 rings (SSSR count). The Bertz CT molecular complexity index is 250. The highest BCUT2D eigenvalue weighted by atomic mass is 15.2. The summed E-state index contributed by atoms with van der Waals surface area (Å²) in [4.78, 5) is 6.70. The van der Waals surface area contributed by atoms with Crippen molar-refractivity contribution in [1.29, 1.82) is 0 Å². The molecule has 1 aliphatic rings. The summed E-state index contributed by atoms with van der Waals surface area (Å²) < 4.78 is 0. The van der Waals surface area contributed by atoms with Crippen molar-refractivity contribution in [2.75, 3.05) is 33.7 Å². The Kier molecular flexibility index (Phi) is 7.09. The van der Waals surface area contributed by atoms with Crippen molar-refractivity contribution in [2.24, 2.45) is 10.9 Å². The van der Waals surface area contributed by atoms with Crippen molar-refractivity contribution in [3.63, 3.8) is 0 Å². The first-order valence-corrected chi connectivity index (χ1v) is 7.28. The van der Waals surface area contributed by atoms with Crippen LogP contribution in [0.25, 0.3) is 0 Å². The highest BCUT2D eigenvalue weighted by Gasteiger charge is 2.20. The number of likely N-dealkylation sites (tertiary alicyclic amines) is 1. The van der Waals surface area contributed by atoms with Crippen molar-refractivity contribution in [3.05, 3.63) is 0 Å². The van der Waals surface area contributed by atoms with Crippen LogP contribution in [0.5, 0.6) is 0 Å². The van der Waals surface area contributed by atoms with E-state index in [2.05, 4.69) is 41.4 Å². The molecule has 106 valence electrons. The molecule has 0 saturated carbocycles. The highest BCUT2D eigenvalue weighted by molar-refractivity contribution is 5.79. The van der Waals surface area contributed by atoms with Gasteiger partial charge in [0.15, 0.2) is 5.96 Å². The van der Waals surface area contributed by atoms with E-state index in [9.17, 15) is 0 Å². The molecule has 0 spiro atoms. The maximum Gasteiger partial charge on any atom is 0.191 e. The SMILES string of the molecule is CN=C(NCCCC(C)C)NCC1CCCN1C. The molecule has 1 fully saturated rings. The molecule has 0 amide bonds. The van der Waals surface area contributed by atoms with Gasteiger partial charge in [0.25, 0.3) is 0 Å². The van der Waals surface area contributed by atoms with Crippen molar-refractivity contribution < 1.29 is 0 Å². The fraction of sp³-hybridized carbons (Fsp3) is 0.929. The molecule has 0 aliphatic carbocycles. The standard InChI is InChI=1S/C14H30N4/c1-12(2)7-5-9-16-14(15-3)17-11-13-8-6-10-18(13)4/h12-13H,5-11H2,1-4H3,(H2,15,16,17). The Morgan fingerprint density at radius 3 is 2.72 bits per heavy atom. The fourth-order valence-corrected chi connectivity index (χ4v) is 2.39. The van der Waals surface area contributed by atoms with Crippen LogP contribution in [0.1, 0.15) is 39.5 Å². The molecule has 1 unspecified atom stereocenters. The molecular weight excluding hydrogens is 224 g/mol. The smallest absolute Gasteiger partial charge is 0.191 e. The van der Waals surface area contributed by atoms with Gasteiger partial charge in [-0.2, -0.15) is 0 Å². The summed E-state index contributed by atoms with van der Waals surface area (Å²) in [5, 5.41) is 6.81. The molecule has 0 radical (unpaired) electrons. The molecule has 4 heteroatoms. The molecule has 2 N–H and O–H groups in total. The van der Waals surface area contributed by atoms with Crippen LogP contribution in [-0.4, -0.2) is 50.6 Å². The Morgan fingerprint density at radius 1 is 1.39 bits per heavy atom. The lowest BCUT2D eigenvalue weighted by Crippen LogP contribution is -2.44. The number of guanidine groups is 1. The van der Waals surface area contributed by atoms with Gasteiger partial charge in [-0.1, -0.05) is 13.8 Å². The van der Waals surface area contributed by atoms with Gasteiger partial charge in [-0.3, -0.25) is 4.99 Å². The second-order valence-corrected chi connectivity index (χ2v) is 5.69. The number of nitrogens with zero attached hydrogens (tertiary/aromatic N) is 2. The molecule has 18 heavy (non-hydrogen) atoms. The van der Waals surface area contributed by atoms with Crippen LogP contribution in [0.2, 0.25) is 0 Å². The van der Waals surface area contributed by atoms with Crippen molar-refractivity contribution in [2.45, 2.75) is 45.6 Å². The quantitative estimate of drug-likeness (QED) is 0.430. The van der Waals surface area contributed by atoms with E-state index in [-0.39, 0.29) is 0 Å². The van der Waals surface area contributed by atoms with Crippen LogP contribution < -0.4 is 10.6 Å². The van der Waals surface area contributed by atoms with Crippen molar-refractivity contribution >= 4 is 5.96 Å². The zero-order valence-electron chi connectivity index (χ0n) is 12.5.